The van der Waals surface area contributed by atoms with Crippen LogP contribution in [0.4, 0.5) is 10.1 Å². The molecule has 6 nitrogen and oxygen atoms in total. The van der Waals surface area contributed by atoms with Crippen LogP contribution in [0.25, 0.3) is 0 Å². The topological polar surface area (TPSA) is 52.4 Å². The fourth-order valence-electron chi connectivity index (χ4n) is 3.05. The second kappa shape index (κ2) is 7.13. The average molecular weight is 354 g/mol. The molecule has 26 heavy (non-hydrogen) atoms. The Morgan fingerprint density at radius 3 is 2.88 bits per heavy atom. The van der Waals surface area contributed by atoms with Crippen LogP contribution in [0.1, 0.15) is 17.5 Å². The summed E-state index contributed by atoms with van der Waals surface area (Å²) in [5.41, 5.74) is 2.72. The molecule has 0 aliphatic carbocycles. The molecule has 1 fully saturated rings. The normalized spacial score (nSPS) is 16.8. The van der Waals surface area contributed by atoms with Gasteiger partial charge in [-0.3, -0.25) is 0 Å². The molecule has 3 aromatic rings. The van der Waals surface area contributed by atoms with Gasteiger partial charge in [0.25, 0.3) is 0 Å². The van der Waals surface area contributed by atoms with E-state index in [4.69, 9.17) is 9.47 Å². The molecule has 0 spiro atoms. The van der Waals surface area contributed by atoms with Crippen molar-refractivity contribution in [3.8, 4) is 5.75 Å². The van der Waals surface area contributed by atoms with Crippen molar-refractivity contribution in [1.82, 2.24) is 15.0 Å². The van der Waals surface area contributed by atoms with Gasteiger partial charge in [-0.2, -0.15) is 0 Å². The maximum Gasteiger partial charge on any atom is 0.177 e. The average Bonchev–Trinajstić information content (AvgIpc) is 3.33. The third kappa shape index (κ3) is 3.39. The minimum Gasteiger partial charge on any atom is -0.497 e. The number of benzene rings is 2. The maximum atomic E-state index is 13.0. The lowest BCUT2D eigenvalue weighted by Gasteiger charge is -2.23. The molecule has 0 saturated carbocycles. The number of nitrogens with zero attached hydrogens (tertiary/aromatic N) is 4. The lowest BCUT2D eigenvalue weighted by molar-refractivity contribution is 0.110. The van der Waals surface area contributed by atoms with Crippen molar-refractivity contribution in [3.05, 3.63) is 71.8 Å². The van der Waals surface area contributed by atoms with Gasteiger partial charge in [0, 0.05) is 18.3 Å². The Hall–Kier alpha value is -2.93. The van der Waals surface area contributed by atoms with Gasteiger partial charge in [0.2, 0.25) is 0 Å². The highest BCUT2D eigenvalue weighted by Gasteiger charge is 2.29. The molecule has 2 aromatic carbocycles. The standard InChI is InChI=1S/C19H19FN4O2/c1-25-17-4-2-3-16(11-17)24-9-10-26-19(24)18-13-23(22-21-18)12-14-5-7-15(20)8-6-14/h2-8,11,13,19H,9-10,12H2,1H3. The van der Waals surface area contributed by atoms with Crippen molar-refractivity contribution in [2.45, 2.75) is 12.8 Å². The second-order valence-electron chi connectivity index (χ2n) is 6.09. The molecule has 1 atom stereocenters. The van der Waals surface area contributed by atoms with Gasteiger partial charge in [0.1, 0.15) is 17.3 Å². The summed E-state index contributed by atoms with van der Waals surface area (Å²) >= 11 is 0. The number of anilines is 1. The Morgan fingerprint density at radius 2 is 2.08 bits per heavy atom. The molecule has 1 aromatic heterocycles. The fourth-order valence-corrected chi connectivity index (χ4v) is 3.05. The Kier molecular flexibility index (Phi) is 4.53. The van der Waals surface area contributed by atoms with Crippen LogP contribution in [-0.2, 0) is 11.3 Å². The maximum absolute atomic E-state index is 13.0. The molecule has 134 valence electrons. The third-order valence-corrected chi connectivity index (χ3v) is 4.34. The zero-order valence-corrected chi connectivity index (χ0v) is 14.4. The molecular weight excluding hydrogens is 335 g/mol. The number of hydrogen-bond acceptors (Lipinski definition) is 5. The zero-order chi connectivity index (χ0) is 17.9. The largest absolute Gasteiger partial charge is 0.497 e. The second-order valence-corrected chi connectivity index (χ2v) is 6.09. The van der Waals surface area contributed by atoms with Gasteiger partial charge in [0.15, 0.2) is 6.23 Å². The molecular formula is C19H19FN4O2. The van der Waals surface area contributed by atoms with Crippen LogP contribution in [0.15, 0.2) is 54.7 Å². The lowest BCUT2D eigenvalue weighted by atomic mass is 10.2. The first-order valence-corrected chi connectivity index (χ1v) is 8.40. The lowest BCUT2D eigenvalue weighted by Crippen LogP contribution is -2.23. The Labute approximate surface area is 150 Å². The molecule has 1 aliphatic heterocycles. The minimum atomic E-state index is -0.288. The molecule has 0 amide bonds. The van der Waals surface area contributed by atoms with Crippen LogP contribution in [0.3, 0.4) is 0 Å². The summed E-state index contributed by atoms with van der Waals surface area (Å²) in [5, 5.41) is 8.45. The number of hydrogen-bond donors (Lipinski definition) is 0. The number of ether oxygens (including phenoxy) is 2. The first-order chi connectivity index (χ1) is 12.7. The van der Waals surface area contributed by atoms with Gasteiger partial charge in [-0.1, -0.05) is 23.4 Å². The summed E-state index contributed by atoms with van der Waals surface area (Å²) in [7, 11) is 1.65. The predicted molar refractivity (Wildman–Crippen MR) is 94.6 cm³/mol. The monoisotopic (exact) mass is 354 g/mol. The van der Waals surface area contributed by atoms with Crippen molar-refractivity contribution < 1.29 is 13.9 Å². The molecule has 7 heteroatoms. The van der Waals surface area contributed by atoms with Gasteiger partial charge in [-0.05, 0) is 29.8 Å². The Balaban J connectivity index is 1.53. The van der Waals surface area contributed by atoms with Gasteiger partial charge >= 0.3 is 0 Å². The van der Waals surface area contributed by atoms with E-state index in [1.807, 2.05) is 30.5 Å². The van der Waals surface area contributed by atoms with Crippen LogP contribution in [0, 0.1) is 5.82 Å². The predicted octanol–water partition coefficient (Wildman–Crippen LogP) is 3.01. The minimum absolute atomic E-state index is 0.249. The summed E-state index contributed by atoms with van der Waals surface area (Å²) in [6.07, 6.45) is 1.58. The van der Waals surface area contributed by atoms with Crippen molar-refractivity contribution in [2.75, 3.05) is 25.2 Å². The van der Waals surface area contributed by atoms with Crippen molar-refractivity contribution in [2.24, 2.45) is 0 Å². The van der Waals surface area contributed by atoms with E-state index in [0.717, 1.165) is 29.2 Å². The van der Waals surface area contributed by atoms with Gasteiger partial charge < -0.3 is 14.4 Å². The number of methoxy groups -OCH3 is 1. The van der Waals surface area contributed by atoms with Crippen LogP contribution >= 0.6 is 0 Å². The van der Waals surface area contributed by atoms with E-state index < -0.39 is 0 Å². The van der Waals surface area contributed by atoms with E-state index in [0.29, 0.717) is 13.2 Å². The molecule has 2 heterocycles. The molecule has 4 rings (SSSR count). The summed E-state index contributed by atoms with van der Waals surface area (Å²) < 4.78 is 25.9. The first kappa shape index (κ1) is 16.5. The number of rotatable bonds is 5. The summed E-state index contributed by atoms with van der Waals surface area (Å²) in [4.78, 5) is 2.13. The van der Waals surface area contributed by atoms with Crippen LogP contribution in [0.5, 0.6) is 5.75 Å². The molecule has 0 radical (unpaired) electrons. The highest BCUT2D eigenvalue weighted by Crippen LogP contribution is 2.32. The van der Waals surface area contributed by atoms with Crippen LogP contribution in [-0.4, -0.2) is 35.3 Å². The van der Waals surface area contributed by atoms with Crippen LogP contribution in [0.2, 0.25) is 0 Å². The molecule has 1 unspecified atom stereocenters. The highest BCUT2D eigenvalue weighted by molar-refractivity contribution is 5.52. The van der Waals surface area contributed by atoms with Gasteiger partial charge in [-0.25, -0.2) is 9.07 Å². The van der Waals surface area contributed by atoms with E-state index >= 15 is 0 Å². The van der Waals surface area contributed by atoms with E-state index in [2.05, 4.69) is 15.2 Å². The molecule has 0 N–H and O–H groups in total. The molecule has 0 bridgehead atoms. The number of halogens is 1. The van der Waals surface area contributed by atoms with E-state index in [1.165, 1.54) is 12.1 Å². The Morgan fingerprint density at radius 1 is 1.23 bits per heavy atom. The summed E-state index contributed by atoms with van der Waals surface area (Å²) in [6.45, 7) is 1.91. The van der Waals surface area contributed by atoms with Gasteiger partial charge in [0.05, 0.1) is 26.5 Å². The summed E-state index contributed by atoms with van der Waals surface area (Å²) in [5.74, 6) is 0.550. The third-order valence-electron chi connectivity index (χ3n) is 4.34. The van der Waals surface area contributed by atoms with Crippen molar-refractivity contribution in [1.29, 1.82) is 0 Å². The molecule has 1 aliphatic rings. The van der Waals surface area contributed by atoms with Gasteiger partial charge in [-0.15, -0.1) is 5.10 Å². The zero-order valence-electron chi connectivity index (χ0n) is 14.4. The summed E-state index contributed by atoms with van der Waals surface area (Å²) in [6, 6.07) is 14.2. The van der Waals surface area contributed by atoms with Crippen LogP contribution < -0.4 is 9.64 Å². The highest BCUT2D eigenvalue weighted by atomic mass is 19.1. The number of aromatic nitrogens is 3. The SMILES string of the molecule is COc1cccc(N2CCOC2c2cn(Cc3ccc(F)cc3)nn2)c1. The smallest absolute Gasteiger partial charge is 0.177 e. The Bertz CT molecular complexity index is 881. The van der Waals surface area contributed by atoms with Crippen molar-refractivity contribution >= 4 is 5.69 Å². The van der Waals surface area contributed by atoms with Crippen molar-refractivity contribution in [3.63, 3.8) is 0 Å². The van der Waals surface area contributed by atoms with E-state index in [9.17, 15) is 4.39 Å². The van der Waals surface area contributed by atoms with E-state index in [1.54, 1.807) is 23.9 Å². The molecule has 1 saturated heterocycles. The fraction of sp³-hybridized carbons (Fsp3) is 0.263. The van der Waals surface area contributed by atoms with E-state index in [-0.39, 0.29) is 12.0 Å². The quantitative estimate of drug-likeness (QED) is 0.705. The first-order valence-electron chi connectivity index (χ1n) is 8.40.